The Morgan fingerprint density at radius 3 is 2.12 bits per heavy atom. The molecular weight excluding hydrogens is 240 g/mol. The summed E-state index contributed by atoms with van der Waals surface area (Å²) in [6.45, 7) is 5.82. The first-order valence-corrected chi connectivity index (χ1v) is 5.82. The van der Waals surface area contributed by atoms with Gasteiger partial charge in [-0.05, 0) is 18.2 Å². The summed E-state index contributed by atoms with van der Waals surface area (Å²) in [5.41, 5.74) is 0.233. The second kappa shape index (κ2) is 4.79. The molecule has 2 N–H and O–H groups in total. The maximum Gasteiger partial charge on any atom is 0.336 e. The second-order valence-electron chi connectivity index (χ2n) is 4.54. The lowest BCUT2D eigenvalue weighted by molar-refractivity contribution is 0.0678. The Morgan fingerprint density at radius 2 is 1.71 bits per heavy atom. The summed E-state index contributed by atoms with van der Waals surface area (Å²) in [5, 5.41) is 17.9. The molecule has 0 aliphatic rings. The molecule has 0 fully saturated rings. The van der Waals surface area contributed by atoms with Crippen LogP contribution in [0.2, 0.25) is 0 Å². The molecule has 0 aliphatic carbocycles. The van der Waals surface area contributed by atoms with Gasteiger partial charge in [-0.3, -0.25) is 0 Å². The Bertz CT molecular complexity index is 460. The predicted octanol–water partition coefficient (Wildman–Crippen LogP) is 2.97. The number of carboxylic acid groups (broad SMARTS) is 2. The fourth-order valence-corrected chi connectivity index (χ4v) is 2.36. The molecule has 1 rings (SSSR count). The fourth-order valence-electron chi connectivity index (χ4n) is 1.25. The second-order valence-corrected chi connectivity index (χ2v) is 6.40. The lowest BCUT2D eigenvalue weighted by Gasteiger charge is -2.19. The first-order valence-electron chi connectivity index (χ1n) is 5.00. The number of rotatable bonds is 3. The Labute approximate surface area is 104 Å². The van der Waals surface area contributed by atoms with E-state index in [-0.39, 0.29) is 15.9 Å². The summed E-state index contributed by atoms with van der Waals surface area (Å²) in [6.07, 6.45) is 0. The van der Waals surface area contributed by atoms with Crippen molar-refractivity contribution < 1.29 is 19.8 Å². The number of thioether (sulfide) groups is 1. The first kappa shape index (κ1) is 13.6. The topological polar surface area (TPSA) is 74.6 Å². The molecule has 0 unspecified atom stereocenters. The van der Waals surface area contributed by atoms with E-state index in [0.717, 1.165) is 0 Å². The Hall–Kier alpha value is -1.49. The molecular formula is C12H14O4S. The van der Waals surface area contributed by atoms with E-state index >= 15 is 0 Å². The number of hydrogen-bond acceptors (Lipinski definition) is 3. The van der Waals surface area contributed by atoms with Crippen LogP contribution in [0.5, 0.6) is 0 Å². The van der Waals surface area contributed by atoms with Crippen LogP contribution in [0.4, 0.5) is 0 Å². The Kier molecular flexibility index (Phi) is 3.83. The van der Waals surface area contributed by atoms with Gasteiger partial charge in [-0.15, -0.1) is 11.8 Å². The highest BCUT2D eigenvalue weighted by Gasteiger charge is 2.19. The van der Waals surface area contributed by atoms with E-state index in [1.54, 1.807) is 0 Å². The van der Waals surface area contributed by atoms with E-state index in [1.807, 2.05) is 20.8 Å². The van der Waals surface area contributed by atoms with Gasteiger partial charge in [-0.25, -0.2) is 9.59 Å². The smallest absolute Gasteiger partial charge is 0.336 e. The molecule has 0 amide bonds. The van der Waals surface area contributed by atoms with Crippen LogP contribution in [-0.2, 0) is 0 Å². The third kappa shape index (κ3) is 3.78. The molecule has 5 heteroatoms. The van der Waals surface area contributed by atoms with E-state index in [0.29, 0.717) is 4.90 Å². The van der Waals surface area contributed by atoms with Gasteiger partial charge in [0.05, 0.1) is 11.1 Å². The van der Waals surface area contributed by atoms with Crippen LogP contribution in [0, 0.1) is 0 Å². The highest BCUT2D eigenvalue weighted by atomic mass is 32.2. The molecule has 0 spiro atoms. The number of benzene rings is 1. The summed E-state index contributed by atoms with van der Waals surface area (Å²) in [7, 11) is 0. The molecule has 4 nitrogen and oxygen atoms in total. The van der Waals surface area contributed by atoms with Gasteiger partial charge in [0, 0.05) is 9.64 Å². The third-order valence-electron chi connectivity index (χ3n) is 1.88. The molecule has 17 heavy (non-hydrogen) atoms. The molecule has 92 valence electrons. The van der Waals surface area contributed by atoms with E-state index < -0.39 is 11.9 Å². The Balaban J connectivity index is 3.25. The molecule has 0 atom stereocenters. The molecule has 0 aliphatic heterocycles. The largest absolute Gasteiger partial charge is 0.478 e. The van der Waals surface area contributed by atoms with Gasteiger partial charge in [-0.1, -0.05) is 20.8 Å². The van der Waals surface area contributed by atoms with Gasteiger partial charge in [0.1, 0.15) is 0 Å². The van der Waals surface area contributed by atoms with Crippen LogP contribution in [-0.4, -0.2) is 26.9 Å². The van der Waals surface area contributed by atoms with Gasteiger partial charge in [0.25, 0.3) is 0 Å². The van der Waals surface area contributed by atoms with Crippen molar-refractivity contribution in [2.24, 2.45) is 0 Å². The molecule has 0 aromatic heterocycles. The molecule has 0 heterocycles. The van der Waals surface area contributed by atoms with Gasteiger partial charge >= 0.3 is 11.9 Å². The van der Waals surface area contributed by atoms with Gasteiger partial charge in [-0.2, -0.15) is 0 Å². The van der Waals surface area contributed by atoms with Crippen molar-refractivity contribution in [3.63, 3.8) is 0 Å². The van der Waals surface area contributed by atoms with E-state index in [2.05, 4.69) is 0 Å². The molecule has 1 aromatic carbocycles. The third-order valence-corrected chi connectivity index (χ3v) is 3.05. The Morgan fingerprint density at radius 1 is 1.12 bits per heavy atom. The van der Waals surface area contributed by atoms with Crippen LogP contribution in [0.25, 0.3) is 0 Å². The van der Waals surface area contributed by atoms with Gasteiger partial charge < -0.3 is 10.2 Å². The van der Waals surface area contributed by atoms with E-state index in [4.69, 9.17) is 10.2 Å². The van der Waals surface area contributed by atoms with Crippen molar-refractivity contribution in [1.29, 1.82) is 0 Å². The fraction of sp³-hybridized carbons (Fsp3) is 0.333. The van der Waals surface area contributed by atoms with Crippen molar-refractivity contribution in [2.45, 2.75) is 30.4 Å². The van der Waals surface area contributed by atoms with Crippen LogP contribution >= 0.6 is 11.8 Å². The van der Waals surface area contributed by atoms with Crippen molar-refractivity contribution in [3.8, 4) is 0 Å². The minimum absolute atomic E-state index is 0.0988. The SMILES string of the molecule is CC(C)(C)Sc1cc(C(=O)O)ccc1C(=O)O. The lowest BCUT2D eigenvalue weighted by atomic mass is 10.1. The maximum atomic E-state index is 11.0. The zero-order chi connectivity index (χ0) is 13.2. The van der Waals surface area contributed by atoms with Crippen molar-refractivity contribution in [3.05, 3.63) is 29.3 Å². The summed E-state index contributed by atoms with van der Waals surface area (Å²) >= 11 is 1.34. The quantitative estimate of drug-likeness (QED) is 0.811. The average Bonchev–Trinajstić information content (AvgIpc) is 2.14. The highest BCUT2D eigenvalue weighted by molar-refractivity contribution is 8.00. The minimum Gasteiger partial charge on any atom is -0.478 e. The first-order chi connectivity index (χ1) is 7.70. The standard InChI is InChI=1S/C12H14O4S/c1-12(2,3)17-9-6-7(10(13)14)4-5-8(9)11(15)16/h4-6H,1-3H3,(H,13,14)(H,15,16). The van der Waals surface area contributed by atoms with Crippen LogP contribution in [0.1, 0.15) is 41.5 Å². The zero-order valence-electron chi connectivity index (χ0n) is 9.85. The average molecular weight is 254 g/mol. The highest BCUT2D eigenvalue weighted by Crippen LogP contribution is 2.34. The molecule has 0 radical (unpaired) electrons. The number of aromatic carboxylic acids is 2. The summed E-state index contributed by atoms with van der Waals surface area (Å²) < 4.78 is -0.179. The lowest BCUT2D eigenvalue weighted by Crippen LogP contribution is -2.10. The normalized spacial score (nSPS) is 11.2. The van der Waals surface area contributed by atoms with Crippen LogP contribution in [0.3, 0.4) is 0 Å². The summed E-state index contributed by atoms with van der Waals surface area (Å²) in [6, 6.07) is 4.04. The maximum absolute atomic E-state index is 11.0. The number of hydrogen-bond donors (Lipinski definition) is 2. The molecule has 0 bridgehead atoms. The molecule has 0 saturated carbocycles. The molecule has 0 saturated heterocycles. The minimum atomic E-state index is -1.06. The van der Waals surface area contributed by atoms with Crippen LogP contribution < -0.4 is 0 Å². The van der Waals surface area contributed by atoms with Gasteiger partial charge in [0.15, 0.2) is 0 Å². The number of carbonyl (C=O) groups is 2. The zero-order valence-corrected chi connectivity index (χ0v) is 10.7. The predicted molar refractivity (Wildman–Crippen MR) is 66.0 cm³/mol. The van der Waals surface area contributed by atoms with E-state index in [1.165, 1.54) is 30.0 Å². The monoisotopic (exact) mass is 254 g/mol. The van der Waals surface area contributed by atoms with E-state index in [9.17, 15) is 9.59 Å². The van der Waals surface area contributed by atoms with Crippen molar-refractivity contribution >= 4 is 23.7 Å². The number of carboxylic acids is 2. The van der Waals surface area contributed by atoms with Gasteiger partial charge in [0.2, 0.25) is 0 Å². The summed E-state index contributed by atoms with van der Waals surface area (Å²) in [5.74, 6) is -2.11. The van der Waals surface area contributed by atoms with Crippen LogP contribution in [0.15, 0.2) is 23.1 Å². The molecule has 1 aromatic rings. The van der Waals surface area contributed by atoms with Crippen molar-refractivity contribution in [1.82, 2.24) is 0 Å². The summed E-state index contributed by atoms with van der Waals surface area (Å²) in [4.78, 5) is 22.3. The van der Waals surface area contributed by atoms with Crippen molar-refractivity contribution in [2.75, 3.05) is 0 Å².